The lowest BCUT2D eigenvalue weighted by Gasteiger charge is -2.15. The third kappa shape index (κ3) is 2.24. The first kappa shape index (κ1) is 14.7. The maximum Gasteiger partial charge on any atom is 0.223 e. The van der Waals surface area contributed by atoms with Crippen LogP contribution in [0.2, 0.25) is 0 Å². The quantitative estimate of drug-likeness (QED) is 0.760. The predicted octanol–water partition coefficient (Wildman–Crippen LogP) is 1.31. The van der Waals surface area contributed by atoms with E-state index >= 15 is 0 Å². The van der Waals surface area contributed by atoms with Gasteiger partial charge in [0.05, 0.1) is 23.1 Å². The topological polar surface area (TPSA) is 92.8 Å². The molecule has 1 aliphatic rings. The van der Waals surface area contributed by atoms with Crippen molar-refractivity contribution in [1.29, 1.82) is 0 Å². The highest BCUT2D eigenvalue weighted by molar-refractivity contribution is 5.81. The predicted molar refractivity (Wildman–Crippen MR) is 91.7 cm³/mol. The van der Waals surface area contributed by atoms with Gasteiger partial charge in [-0.15, -0.1) is 0 Å². The summed E-state index contributed by atoms with van der Waals surface area (Å²) < 4.78 is 1.83. The zero-order chi connectivity index (χ0) is 16.8. The van der Waals surface area contributed by atoms with Gasteiger partial charge in [-0.05, 0) is 24.6 Å². The van der Waals surface area contributed by atoms with Crippen molar-refractivity contribution in [2.24, 2.45) is 18.7 Å². The third-order valence-electron chi connectivity index (χ3n) is 5.03. The maximum atomic E-state index is 12.0. The van der Waals surface area contributed by atoms with E-state index in [4.69, 9.17) is 5.73 Å². The van der Waals surface area contributed by atoms with Crippen LogP contribution in [0.1, 0.15) is 17.2 Å². The Labute approximate surface area is 139 Å². The second-order valence-corrected chi connectivity index (χ2v) is 6.41. The monoisotopic (exact) mass is 324 g/mol. The van der Waals surface area contributed by atoms with Crippen molar-refractivity contribution in [3.8, 4) is 0 Å². The van der Waals surface area contributed by atoms with Gasteiger partial charge in [0.1, 0.15) is 0 Å². The molecular weight excluding hydrogens is 304 g/mol. The minimum atomic E-state index is -0.276. The molecule has 0 unspecified atom stereocenters. The van der Waals surface area contributed by atoms with Crippen LogP contribution in [0, 0.1) is 12.8 Å². The number of aromatic amines is 1. The van der Waals surface area contributed by atoms with Gasteiger partial charge in [0, 0.05) is 31.7 Å². The van der Waals surface area contributed by atoms with E-state index in [9.17, 15) is 4.79 Å². The number of hydrogen-bond donors (Lipinski definition) is 2. The Morgan fingerprint density at radius 2 is 2.12 bits per heavy atom. The number of amides is 1. The molecule has 0 spiro atoms. The maximum absolute atomic E-state index is 12.0. The Morgan fingerprint density at radius 3 is 2.79 bits per heavy atom. The molecule has 1 amide bonds. The fourth-order valence-corrected chi connectivity index (χ4v) is 3.55. The smallest absolute Gasteiger partial charge is 0.223 e. The van der Waals surface area contributed by atoms with Crippen LogP contribution >= 0.6 is 0 Å². The fourth-order valence-electron chi connectivity index (χ4n) is 3.55. The lowest BCUT2D eigenvalue weighted by molar-refractivity contribution is -0.121. The lowest BCUT2D eigenvalue weighted by Crippen LogP contribution is -2.29. The molecule has 1 aliphatic heterocycles. The number of nitrogens with zero attached hydrogens (tertiary/aromatic N) is 4. The summed E-state index contributed by atoms with van der Waals surface area (Å²) in [5.74, 6) is 0.291. The van der Waals surface area contributed by atoms with Crippen molar-refractivity contribution in [3.05, 3.63) is 41.7 Å². The van der Waals surface area contributed by atoms with Crippen LogP contribution in [0.5, 0.6) is 0 Å². The number of carbonyl (C=O) groups is 1. The molecule has 0 saturated carbocycles. The number of imidazole rings is 1. The summed E-state index contributed by atoms with van der Waals surface area (Å²) >= 11 is 0. The number of fused-ring (bicyclic) bond motifs is 1. The van der Waals surface area contributed by atoms with Crippen molar-refractivity contribution in [2.75, 3.05) is 18.0 Å². The molecule has 3 heterocycles. The molecule has 0 radical (unpaired) electrons. The Bertz CT molecular complexity index is 878. The molecule has 24 heavy (non-hydrogen) atoms. The van der Waals surface area contributed by atoms with Crippen molar-refractivity contribution >= 4 is 22.9 Å². The average Bonchev–Trinajstić information content (AvgIpc) is 3.25. The average molecular weight is 324 g/mol. The third-order valence-corrected chi connectivity index (χ3v) is 5.03. The standard InChI is InChI=1S/C17H20N6O/c1-10-11(7-19-22(10)2)12-8-23(9-13(12)16(18)24)17-20-14-5-3-4-6-15(14)21-17/h3-7,12-13H,8-9H2,1-2H3,(H2,18,24)(H,20,21)/t12-,13+/m1/s1. The number of nitrogens with two attached hydrogens (primary N) is 1. The zero-order valence-electron chi connectivity index (χ0n) is 13.7. The van der Waals surface area contributed by atoms with Crippen LogP contribution in [-0.2, 0) is 11.8 Å². The summed E-state index contributed by atoms with van der Waals surface area (Å²) in [6.07, 6.45) is 1.85. The largest absolute Gasteiger partial charge is 0.369 e. The van der Waals surface area contributed by atoms with Gasteiger partial charge in [0.25, 0.3) is 0 Å². The molecule has 1 aromatic carbocycles. The molecule has 7 nitrogen and oxygen atoms in total. The molecular formula is C17H20N6O. The Balaban J connectivity index is 1.69. The molecule has 0 bridgehead atoms. The molecule has 3 aromatic rings. The summed E-state index contributed by atoms with van der Waals surface area (Å²) in [4.78, 5) is 22.1. The van der Waals surface area contributed by atoms with Gasteiger partial charge < -0.3 is 15.6 Å². The Kier molecular flexibility index (Phi) is 3.30. The summed E-state index contributed by atoms with van der Waals surface area (Å²) in [5.41, 5.74) is 9.74. The van der Waals surface area contributed by atoms with E-state index in [2.05, 4.69) is 20.0 Å². The number of hydrogen-bond acceptors (Lipinski definition) is 4. The second kappa shape index (κ2) is 5.36. The summed E-state index contributed by atoms with van der Waals surface area (Å²) in [6, 6.07) is 7.91. The van der Waals surface area contributed by atoms with Gasteiger partial charge in [0.15, 0.2) is 0 Å². The van der Waals surface area contributed by atoms with Crippen LogP contribution in [0.15, 0.2) is 30.5 Å². The number of aryl methyl sites for hydroxylation is 1. The lowest BCUT2D eigenvalue weighted by atomic mass is 9.89. The van der Waals surface area contributed by atoms with E-state index in [1.807, 2.05) is 49.1 Å². The van der Waals surface area contributed by atoms with Gasteiger partial charge in [-0.1, -0.05) is 12.1 Å². The van der Waals surface area contributed by atoms with E-state index in [0.29, 0.717) is 13.1 Å². The highest BCUT2D eigenvalue weighted by Gasteiger charge is 2.39. The molecule has 0 aliphatic carbocycles. The van der Waals surface area contributed by atoms with Crippen LogP contribution in [0.3, 0.4) is 0 Å². The second-order valence-electron chi connectivity index (χ2n) is 6.41. The normalized spacial score (nSPS) is 20.8. The Hall–Kier alpha value is -2.83. The molecule has 4 rings (SSSR count). The molecule has 3 N–H and O–H groups in total. The fraction of sp³-hybridized carbons (Fsp3) is 0.353. The van der Waals surface area contributed by atoms with Crippen LogP contribution < -0.4 is 10.6 Å². The van der Waals surface area contributed by atoms with Crippen LogP contribution in [-0.4, -0.2) is 38.7 Å². The minimum Gasteiger partial charge on any atom is -0.369 e. The molecule has 2 aromatic heterocycles. The summed E-state index contributed by atoms with van der Waals surface area (Å²) in [6.45, 7) is 3.28. The van der Waals surface area contributed by atoms with Crippen molar-refractivity contribution in [3.63, 3.8) is 0 Å². The number of primary amides is 1. The molecule has 7 heteroatoms. The number of benzene rings is 1. The van der Waals surface area contributed by atoms with Crippen LogP contribution in [0.25, 0.3) is 11.0 Å². The number of anilines is 1. The van der Waals surface area contributed by atoms with Gasteiger partial charge in [-0.25, -0.2) is 4.98 Å². The minimum absolute atomic E-state index is 0.0319. The van der Waals surface area contributed by atoms with Crippen LogP contribution in [0.4, 0.5) is 5.95 Å². The summed E-state index contributed by atoms with van der Waals surface area (Å²) in [7, 11) is 1.91. The number of nitrogens with one attached hydrogen (secondary N) is 1. The van der Waals surface area contributed by atoms with E-state index in [1.54, 1.807) is 0 Å². The Morgan fingerprint density at radius 1 is 1.33 bits per heavy atom. The van der Waals surface area contributed by atoms with Crippen molar-refractivity contribution in [1.82, 2.24) is 19.7 Å². The van der Waals surface area contributed by atoms with Gasteiger partial charge in [-0.2, -0.15) is 5.10 Å². The zero-order valence-corrected chi connectivity index (χ0v) is 13.7. The van der Waals surface area contributed by atoms with Gasteiger partial charge in [0.2, 0.25) is 11.9 Å². The van der Waals surface area contributed by atoms with Gasteiger partial charge in [-0.3, -0.25) is 9.48 Å². The number of rotatable bonds is 3. The highest BCUT2D eigenvalue weighted by atomic mass is 16.1. The summed E-state index contributed by atoms with van der Waals surface area (Å²) in [5, 5.41) is 4.31. The first-order chi connectivity index (χ1) is 11.5. The first-order valence-corrected chi connectivity index (χ1v) is 8.02. The number of H-pyrrole nitrogens is 1. The number of para-hydroxylation sites is 2. The molecule has 124 valence electrons. The van der Waals surface area contributed by atoms with E-state index in [1.165, 1.54) is 0 Å². The SMILES string of the molecule is Cc1c([C@H]2CN(c3nc4ccccc4[nH]3)C[C@@H]2C(N)=O)cnn1C. The molecule has 1 fully saturated rings. The molecule has 1 saturated heterocycles. The van der Waals surface area contributed by atoms with E-state index < -0.39 is 0 Å². The van der Waals surface area contributed by atoms with E-state index in [-0.39, 0.29) is 17.7 Å². The van der Waals surface area contributed by atoms with Gasteiger partial charge >= 0.3 is 0 Å². The number of aromatic nitrogens is 4. The van der Waals surface area contributed by atoms with Crippen molar-refractivity contribution < 1.29 is 4.79 Å². The molecule has 2 atom stereocenters. The highest BCUT2D eigenvalue weighted by Crippen LogP contribution is 2.36. The first-order valence-electron chi connectivity index (χ1n) is 8.02. The van der Waals surface area contributed by atoms with Crippen molar-refractivity contribution in [2.45, 2.75) is 12.8 Å². The van der Waals surface area contributed by atoms with E-state index in [0.717, 1.165) is 28.2 Å². The number of carbonyl (C=O) groups excluding carboxylic acids is 1.